The van der Waals surface area contributed by atoms with Gasteiger partial charge in [0.2, 0.25) is 0 Å². The largest absolute Gasteiger partial charge is 0.143 e. The van der Waals surface area contributed by atoms with E-state index in [4.69, 9.17) is 0 Å². The Bertz CT molecular complexity index is 637. The van der Waals surface area contributed by atoms with Gasteiger partial charge in [-0.25, -0.2) is 0 Å². The second-order valence-electron chi connectivity index (χ2n) is 13.4. The lowest BCUT2D eigenvalue weighted by atomic mass is 9.44. The molecule has 5 rings (SSSR count). The second kappa shape index (κ2) is 8.73. The molecule has 0 aromatic rings. The molecule has 8 atom stereocenters. The van der Waals surface area contributed by atoms with Gasteiger partial charge >= 0.3 is 0 Å². The average Bonchev–Trinajstić information content (AvgIpc) is 3.32. The molecule has 1 aliphatic heterocycles. The van der Waals surface area contributed by atoms with E-state index < -0.39 is 0 Å². The van der Waals surface area contributed by atoms with Gasteiger partial charge in [0.05, 0.1) is 4.08 Å². The van der Waals surface area contributed by atoms with Gasteiger partial charge in [-0.1, -0.05) is 60.3 Å². The van der Waals surface area contributed by atoms with Gasteiger partial charge in [-0.3, -0.25) is 0 Å². The molecular weight excluding hydrogens is 412 g/mol. The Morgan fingerprint density at radius 2 is 1.52 bits per heavy atom. The Morgan fingerprint density at radius 3 is 2.26 bits per heavy atom. The summed E-state index contributed by atoms with van der Waals surface area (Å²) in [6.07, 6.45) is 18.3. The highest BCUT2D eigenvalue weighted by molar-refractivity contribution is 8.21. The van der Waals surface area contributed by atoms with E-state index in [2.05, 4.69) is 58.1 Å². The molecule has 4 saturated carbocycles. The van der Waals surface area contributed by atoms with Crippen LogP contribution in [0.15, 0.2) is 0 Å². The Balaban J connectivity index is 1.32. The summed E-state index contributed by atoms with van der Waals surface area (Å²) in [4.78, 5) is 0. The molecule has 0 bridgehead atoms. The van der Waals surface area contributed by atoms with E-state index in [9.17, 15) is 0 Å². The molecule has 178 valence electrons. The van der Waals surface area contributed by atoms with Crippen molar-refractivity contribution in [3.05, 3.63) is 0 Å². The van der Waals surface area contributed by atoms with Crippen molar-refractivity contribution in [3.63, 3.8) is 0 Å². The summed E-state index contributed by atoms with van der Waals surface area (Å²) in [5, 5.41) is 0. The highest BCUT2D eigenvalue weighted by atomic mass is 32.2. The van der Waals surface area contributed by atoms with Crippen LogP contribution in [0.4, 0.5) is 0 Å². The number of rotatable bonds is 5. The zero-order valence-corrected chi connectivity index (χ0v) is 22.9. The van der Waals surface area contributed by atoms with Gasteiger partial charge in [0.15, 0.2) is 0 Å². The maximum Gasteiger partial charge on any atom is 0.0644 e. The van der Waals surface area contributed by atoms with Crippen molar-refractivity contribution in [3.8, 4) is 0 Å². The van der Waals surface area contributed by atoms with Crippen LogP contribution in [0.3, 0.4) is 0 Å². The first kappa shape index (κ1) is 23.4. The third-order valence-corrected chi connectivity index (χ3v) is 15.4. The minimum Gasteiger partial charge on any atom is -0.143 e. The number of fused-ring (bicyclic) bond motifs is 6. The molecule has 0 aromatic heterocycles. The molecule has 1 saturated heterocycles. The topological polar surface area (TPSA) is 0 Å². The van der Waals surface area contributed by atoms with Crippen molar-refractivity contribution in [1.82, 2.24) is 0 Å². The summed E-state index contributed by atoms with van der Waals surface area (Å²) in [7, 11) is 0. The molecule has 31 heavy (non-hydrogen) atoms. The van der Waals surface area contributed by atoms with Crippen molar-refractivity contribution in [2.75, 3.05) is 11.5 Å². The summed E-state index contributed by atoms with van der Waals surface area (Å²) in [5.41, 5.74) is 1.30. The van der Waals surface area contributed by atoms with E-state index in [0.29, 0.717) is 14.9 Å². The van der Waals surface area contributed by atoms with Crippen LogP contribution < -0.4 is 0 Å². The van der Waals surface area contributed by atoms with Crippen LogP contribution in [0, 0.1) is 52.3 Å². The molecule has 1 heterocycles. The first-order chi connectivity index (χ1) is 14.8. The van der Waals surface area contributed by atoms with Gasteiger partial charge in [0, 0.05) is 11.5 Å². The molecule has 1 spiro atoms. The second-order valence-corrected chi connectivity index (χ2v) is 16.5. The molecular formula is C29H50S2. The van der Waals surface area contributed by atoms with Crippen molar-refractivity contribution in [2.24, 2.45) is 52.3 Å². The maximum atomic E-state index is 2.79. The lowest BCUT2D eigenvalue weighted by Crippen LogP contribution is -2.57. The molecule has 0 aromatic carbocycles. The smallest absolute Gasteiger partial charge is 0.0644 e. The highest BCUT2D eigenvalue weighted by Crippen LogP contribution is 2.72. The molecule has 4 aliphatic carbocycles. The number of hydrogen-bond acceptors (Lipinski definition) is 2. The number of thioether (sulfide) groups is 2. The van der Waals surface area contributed by atoms with Crippen molar-refractivity contribution >= 4 is 23.5 Å². The summed E-state index contributed by atoms with van der Waals surface area (Å²) in [6, 6.07) is 0. The Hall–Kier alpha value is 0.700. The Kier molecular flexibility index (Phi) is 6.60. The molecule has 5 fully saturated rings. The third-order valence-electron chi connectivity index (χ3n) is 11.6. The fourth-order valence-electron chi connectivity index (χ4n) is 10.3. The van der Waals surface area contributed by atoms with E-state index >= 15 is 0 Å². The predicted octanol–water partition coefficient (Wildman–Crippen LogP) is 9.28. The zero-order valence-electron chi connectivity index (χ0n) is 21.3. The summed E-state index contributed by atoms with van der Waals surface area (Å²) in [6.45, 7) is 13.0. The van der Waals surface area contributed by atoms with Crippen LogP contribution in [0.5, 0.6) is 0 Å². The van der Waals surface area contributed by atoms with Crippen molar-refractivity contribution in [1.29, 1.82) is 0 Å². The fraction of sp³-hybridized carbons (Fsp3) is 1.00. The van der Waals surface area contributed by atoms with Crippen molar-refractivity contribution < 1.29 is 0 Å². The lowest BCUT2D eigenvalue weighted by molar-refractivity contribution is -0.115. The predicted molar refractivity (Wildman–Crippen MR) is 141 cm³/mol. The first-order valence-corrected chi connectivity index (χ1v) is 16.1. The van der Waals surface area contributed by atoms with E-state index in [1.54, 1.807) is 44.9 Å². The van der Waals surface area contributed by atoms with E-state index in [0.717, 1.165) is 41.4 Å². The van der Waals surface area contributed by atoms with Gasteiger partial charge in [0.1, 0.15) is 0 Å². The first-order valence-electron chi connectivity index (χ1n) is 14.1. The quantitative estimate of drug-likeness (QED) is 0.399. The van der Waals surface area contributed by atoms with Gasteiger partial charge < -0.3 is 0 Å². The molecule has 0 unspecified atom stereocenters. The van der Waals surface area contributed by atoms with Crippen molar-refractivity contribution in [2.45, 2.75) is 116 Å². The monoisotopic (exact) mass is 462 g/mol. The lowest BCUT2D eigenvalue weighted by Gasteiger charge is -2.64. The molecule has 0 radical (unpaired) electrons. The van der Waals surface area contributed by atoms with E-state index in [-0.39, 0.29) is 0 Å². The van der Waals surface area contributed by atoms with Gasteiger partial charge in [-0.15, -0.1) is 23.5 Å². The van der Waals surface area contributed by atoms with Crippen LogP contribution in [0.2, 0.25) is 0 Å². The van der Waals surface area contributed by atoms with E-state index in [1.807, 2.05) is 0 Å². The van der Waals surface area contributed by atoms with Crippen LogP contribution in [0.1, 0.15) is 112 Å². The fourth-order valence-corrected chi connectivity index (χ4v) is 14.2. The average molecular weight is 463 g/mol. The Labute approximate surface area is 202 Å². The Morgan fingerprint density at radius 1 is 0.774 bits per heavy atom. The van der Waals surface area contributed by atoms with Crippen LogP contribution >= 0.6 is 23.5 Å². The normalized spacial score (nSPS) is 47.2. The number of hydrogen-bond donors (Lipinski definition) is 0. The standard InChI is InChI=1S/C29H50S2/c1-20(2)8-6-9-21(3)23-11-12-24-22-10-13-26-28(5,25(22)14-17-27(23,24)4)15-7-16-29(26)30-18-19-31-29/h20-26H,6-19H2,1-5H3/t21-,22+,23-,24+,25+,26-,27-,28-/m1/s1. The third kappa shape index (κ3) is 3.79. The molecule has 0 amide bonds. The summed E-state index contributed by atoms with van der Waals surface area (Å²) in [5.74, 6) is 9.81. The van der Waals surface area contributed by atoms with Gasteiger partial charge in [0.25, 0.3) is 0 Å². The van der Waals surface area contributed by atoms with E-state index in [1.165, 1.54) is 43.6 Å². The van der Waals surface area contributed by atoms with Crippen LogP contribution in [0.25, 0.3) is 0 Å². The molecule has 0 nitrogen and oxygen atoms in total. The summed E-state index contributed by atoms with van der Waals surface area (Å²) >= 11 is 4.77. The highest BCUT2D eigenvalue weighted by Gasteiger charge is 2.64. The zero-order chi connectivity index (χ0) is 21.9. The molecule has 5 aliphatic rings. The van der Waals surface area contributed by atoms with Gasteiger partial charge in [-0.05, 0) is 104 Å². The van der Waals surface area contributed by atoms with Gasteiger partial charge in [-0.2, -0.15) is 0 Å². The summed E-state index contributed by atoms with van der Waals surface area (Å²) < 4.78 is 0.613. The molecule has 2 heteroatoms. The van der Waals surface area contributed by atoms with Crippen LogP contribution in [-0.2, 0) is 0 Å². The molecule has 0 N–H and O–H groups in total. The maximum absolute atomic E-state index is 2.79. The minimum atomic E-state index is 0.613. The SMILES string of the molecule is CC(C)CCC[C@@H](C)[C@H]1CC[C@H]2[C@@H]3CC[C@H]4C5(CCC[C@]4(C)[C@H]3CC[C@]12C)SCCS5. The minimum absolute atomic E-state index is 0.613. The van der Waals surface area contributed by atoms with Crippen LogP contribution in [-0.4, -0.2) is 15.6 Å².